The number of anilines is 4. The van der Waals surface area contributed by atoms with Crippen LogP contribution in [0.25, 0.3) is 0 Å². The number of hydrogen-bond donors (Lipinski definition) is 2. The number of ether oxygens (including phenoxy) is 1. The first kappa shape index (κ1) is 21.1. The minimum Gasteiger partial charge on any atom is -0.487 e. The molecule has 2 N–H and O–H groups in total. The van der Waals surface area contributed by atoms with Crippen LogP contribution in [0.5, 0.6) is 5.75 Å². The van der Waals surface area contributed by atoms with Crippen LogP contribution < -0.4 is 20.3 Å². The van der Waals surface area contributed by atoms with Crippen molar-refractivity contribution in [1.82, 2.24) is 15.0 Å². The van der Waals surface area contributed by atoms with E-state index in [-0.39, 0.29) is 12.0 Å². The summed E-state index contributed by atoms with van der Waals surface area (Å²) in [6.45, 7) is 2.88. The van der Waals surface area contributed by atoms with Crippen LogP contribution in [-0.4, -0.2) is 40.1 Å². The Morgan fingerprint density at radius 1 is 1.19 bits per heavy atom. The number of aromatic nitrogens is 3. The zero-order valence-corrected chi connectivity index (χ0v) is 17.7. The van der Waals surface area contributed by atoms with Crippen LogP contribution in [0.3, 0.4) is 0 Å². The number of amides is 1. The summed E-state index contributed by atoms with van der Waals surface area (Å²) in [6.07, 6.45) is 3.22. The van der Waals surface area contributed by atoms with E-state index in [1.807, 2.05) is 42.5 Å². The monoisotopic (exact) mass is 429 g/mol. The lowest BCUT2D eigenvalue weighted by atomic mass is 10.1. The quantitative estimate of drug-likeness (QED) is 0.612. The van der Waals surface area contributed by atoms with E-state index < -0.39 is 0 Å². The Morgan fingerprint density at radius 2 is 2.03 bits per heavy atom. The zero-order chi connectivity index (χ0) is 22.3. The van der Waals surface area contributed by atoms with Gasteiger partial charge in [-0.15, -0.1) is 0 Å². The Bertz CT molecular complexity index is 1140. The summed E-state index contributed by atoms with van der Waals surface area (Å²) < 4.78 is 6.11. The van der Waals surface area contributed by atoms with Gasteiger partial charge < -0.3 is 20.3 Å². The number of piperidine rings is 1. The first-order valence-electron chi connectivity index (χ1n) is 10.3. The SMILES string of the molecule is CC(=O)Nc1cccc(Nc2ncnc(N3CCCC(Oc4ccccc4C#N)C3)n2)c1. The summed E-state index contributed by atoms with van der Waals surface area (Å²) in [7, 11) is 0. The lowest BCUT2D eigenvalue weighted by molar-refractivity contribution is -0.114. The van der Waals surface area contributed by atoms with E-state index in [1.54, 1.807) is 6.07 Å². The van der Waals surface area contributed by atoms with Gasteiger partial charge in [0.05, 0.1) is 12.1 Å². The van der Waals surface area contributed by atoms with Gasteiger partial charge in [0.2, 0.25) is 17.8 Å². The molecule has 1 aliphatic rings. The van der Waals surface area contributed by atoms with E-state index in [1.165, 1.54) is 13.3 Å². The predicted molar refractivity (Wildman–Crippen MR) is 121 cm³/mol. The lowest BCUT2D eigenvalue weighted by Crippen LogP contribution is -2.42. The van der Waals surface area contributed by atoms with Crippen molar-refractivity contribution in [2.75, 3.05) is 28.6 Å². The van der Waals surface area contributed by atoms with Crippen LogP contribution in [0.15, 0.2) is 54.9 Å². The van der Waals surface area contributed by atoms with Crippen LogP contribution in [0, 0.1) is 11.3 Å². The Morgan fingerprint density at radius 3 is 2.88 bits per heavy atom. The fourth-order valence-corrected chi connectivity index (χ4v) is 3.56. The number of hydrogen-bond acceptors (Lipinski definition) is 8. The topological polar surface area (TPSA) is 116 Å². The van der Waals surface area contributed by atoms with E-state index in [0.29, 0.717) is 35.4 Å². The van der Waals surface area contributed by atoms with Gasteiger partial charge in [-0.1, -0.05) is 18.2 Å². The Balaban J connectivity index is 1.45. The normalized spacial score (nSPS) is 15.5. The van der Waals surface area contributed by atoms with Crippen molar-refractivity contribution in [3.05, 3.63) is 60.4 Å². The van der Waals surface area contributed by atoms with Gasteiger partial charge in [-0.3, -0.25) is 4.79 Å². The fourth-order valence-electron chi connectivity index (χ4n) is 3.56. The molecule has 1 unspecified atom stereocenters. The molecule has 0 bridgehead atoms. The average molecular weight is 429 g/mol. The summed E-state index contributed by atoms with van der Waals surface area (Å²) in [6, 6.07) is 16.7. The molecule has 9 nitrogen and oxygen atoms in total. The van der Waals surface area contributed by atoms with Gasteiger partial charge in [0.1, 0.15) is 24.3 Å². The van der Waals surface area contributed by atoms with Crippen LogP contribution >= 0.6 is 0 Å². The number of nitrogens with zero attached hydrogens (tertiary/aromatic N) is 5. The average Bonchev–Trinajstić information content (AvgIpc) is 2.80. The molecule has 1 saturated heterocycles. The number of nitrogens with one attached hydrogen (secondary N) is 2. The van der Waals surface area contributed by atoms with Gasteiger partial charge in [0, 0.05) is 24.8 Å². The summed E-state index contributed by atoms with van der Waals surface area (Å²) >= 11 is 0. The molecule has 9 heteroatoms. The van der Waals surface area contributed by atoms with Gasteiger partial charge in [0.25, 0.3) is 0 Å². The van der Waals surface area contributed by atoms with Crippen molar-refractivity contribution >= 4 is 29.2 Å². The van der Waals surface area contributed by atoms with Gasteiger partial charge >= 0.3 is 0 Å². The third kappa shape index (κ3) is 5.29. The zero-order valence-electron chi connectivity index (χ0n) is 17.7. The maximum absolute atomic E-state index is 11.3. The fraction of sp³-hybridized carbons (Fsp3) is 0.261. The maximum Gasteiger partial charge on any atom is 0.231 e. The summed E-state index contributed by atoms with van der Waals surface area (Å²) in [5.74, 6) is 1.43. The van der Waals surface area contributed by atoms with Crippen molar-refractivity contribution in [2.24, 2.45) is 0 Å². The van der Waals surface area contributed by atoms with E-state index in [4.69, 9.17) is 4.74 Å². The molecule has 3 aromatic rings. The largest absolute Gasteiger partial charge is 0.487 e. The second-order valence-electron chi connectivity index (χ2n) is 7.43. The third-order valence-corrected chi connectivity index (χ3v) is 4.96. The molecule has 0 saturated carbocycles. The molecule has 2 aromatic carbocycles. The molecule has 32 heavy (non-hydrogen) atoms. The number of para-hydroxylation sites is 1. The Hall–Kier alpha value is -4.19. The molecule has 1 aromatic heterocycles. The number of rotatable bonds is 6. The minimum absolute atomic E-state index is 0.0687. The van der Waals surface area contributed by atoms with Crippen molar-refractivity contribution in [3.63, 3.8) is 0 Å². The molecule has 1 fully saturated rings. The van der Waals surface area contributed by atoms with Crippen molar-refractivity contribution in [3.8, 4) is 11.8 Å². The molecule has 162 valence electrons. The third-order valence-electron chi connectivity index (χ3n) is 4.96. The summed E-state index contributed by atoms with van der Waals surface area (Å²) in [5, 5.41) is 15.2. The molecule has 0 spiro atoms. The molecule has 0 aliphatic carbocycles. The first-order valence-corrected chi connectivity index (χ1v) is 10.3. The van der Waals surface area contributed by atoms with E-state index in [9.17, 15) is 10.1 Å². The molecule has 2 heterocycles. The van der Waals surface area contributed by atoms with Crippen LogP contribution in [0.2, 0.25) is 0 Å². The molecule has 0 radical (unpaired) electrons. The van der Waals surface area contributed by atoms with E-state index in [2.05, 4.69) is 36.6 Å². The number of carbonyl (C=O) groups excluding carboxylic acids is 1. The summed E-state index contributed by atoms with van der Waals surface area (Å²) in [4.78, 5) is 26.4. The van der Waals surface area contributed by atoms with Crippen molar-refractivity contribution in [1.29, 1.82) is 5.26 Å². The maximum atomic E-state index is 11.3. The van der Waals surface area contributed by atoms with Crippen LogP contribution in [0.1, 0.15) is 25.3 Å². The van der Waals surface area contributed by atoms with Crippen molar-refractivity contribution in [2.45, 2.75) is 25.9 Å². The van der Waals surface area contributed by atoms with Gasteiger partial charge in [0.15, 0.2) is 0 Å². The highest BCUT2D eigenvalue weighted by molar-refractivity contribution is 5.89. The van der Waals surface area contributed by atoms with E-state index >= 15 is 0 Å². The number of benzene rings is 2. The minimum atomic E-state index is -0.135. The smallest absolute Gasteiger partial charge is 0.231 e. The second kappa shape index (κ2) is 9.75. The van der Waals surface area contributed by atoms with Gasteiger partial charge in [-0.25, -0.2) is 9.97 Å². The molecule has 4 rings (SSSR count). The molecule has 1 amide bonds. The highest BCUT2D eigenvalue weighted by Gasteiger charge is 2.24. The Labute approximate surface area is 186 Å². The van der Waals surface area contributed by atoms with E-state index in [0.717, 1.165) is 25.1 Å². The molecule has 1 aliphatic heterocycles. The highest BCUT2D eigenvalue weighted by Crippen LogP contribution is 2.24. The molecular formula is C23H23N7O2. The van der Waals surface area contributed by atoms with Gasteiger partial charge in [-0.2, -0.15) is 10.2 Å². The number of carbonyl (C=O) groups is 1. The van der Waals surface area contributed by atoms with Gasteiger partial charge in [-0.05, 0) is 43.2 Å². The van der Waals surface area contributed by atoms with Crippen molar-refractivity contribution < 1.29 is 9.53 Å². The molecular weight excluding hydrogens is 406 g/mol. The summed E-state index contributed by atoms with van der Waals surface area (Å²) in [5.41, 5.74) is 1.96. The number of nitriles is 1. The lowest BCUT2D eigenvalue weighted by Gasteiger charge is -2.33. The highest BCUT2D eigenvalue weighted by atomic mass is 16.5. The predicted octanol–water partition coefficient (Wildman–Crippen LogP) is 3.49. The second-order valence-corrected chi connectivity index (χ2v) is 7.43. The molecule has 1 atom stereocenters. The first-order chi connectivity index (χ1) is 15.6. The Kier molecular flexibility index (Phi) is 6.41. The standard InChI is InChI=1S/C23H23N7O2/c1-16(31)27-18-7-4-8-19(12-18)28-22-25-15-26-23(29-22)30-11-5-9-20(14-30)32-21-10-3-2-6-17(21)13-24/h2-4,6-8,10,12,15,20H,5,9,11,14H2,1H3,(H,27,31)(H,25,26,28,29). The van der Waals surface area contributed by atoms with Crippen LogP contribution in [0.4, 0.5) is 23.3 Å². The van der Waals surface area contributed by atoms with Crippen LogP contribution in [-0.2, 0) is 4.79 Å².